The highest BCUT2D eigenvalue weighted by Gasteiger charge is 2.51. The third kappa shape index (κ3) is 9.50. The standard InChI is InChI=1S/C23H27BN2O6.C17H15BrN2O4.2CH4/c1-22(2)23(3,4)32-24(31-22)17-8-6-14(7-9-17)20-25-21(30-26-20)15-10-16(12-27)18(13-28)19(11-15)29-5;1-23-15-7-11(6-12(8-21)14(15)9-22)17-19-16(20-24-17)10-2-4-13(18)5-3-10;;/h6-11,27-28H,12-13H2,1-5H3;2-7,21-22H,8-9H2,1H3;2*1H4. The monoisotopic (exact) mass is 860 g/mol. The number of methoxy groups -OCH3 is 2. The van der Waals surface area contributed by atoms with E-state index in [1.165, 1.54) is 14.2 Å². The van der Waals surface area contributed by atoms with E-state index in [9.17, 15) is 20.4 Å². The maximum atomic E-state index is 9.65. The average Bonchev–Trinajstić information content (AvgIpc) is 3.95. The number of hydrogen-bond donors (Lipinski definition) is 4. The molecule has 1 aliphatic heterocycles. The molecule has 0 radical (unpaired) electrons. The van der Waals surface area contributed by atoms with Crippen molar-refractivity contribution in [3.8, 4) is 57.2 Å². The number of halogens is 1. The van der Waals surface area contributed by atoms with E-state index in [0.29, 0.717) is 62.4 Å². The third-order valence-corrected chi connectivity index (χ3v) is 10.4. The lowest BCUT2D eigenvalue weighted by Crippen LogP contribution is -2.41. The molecule has 7 rings (SSSR count). The Labute approximate surface area is 347 Å². The molecule has 0 atom stereocenters. The van der Waals surface area contributed by atoms with Crippen LogP contribution >= 0.6 is 15.9 Å². The van der Waals surface area contributed by atoms with Crippen LogP contribution in [0.4, 0.5) is 0 Å². The van der Waals surface area contributed by atoms with Crippen molar-refractivity contribution >= 4 is 28.5 Å². The number of benzene rings is 4. The first kappa shape index (κ1) is 45.8. The topological polar surface area (TPSA) is 196 Å². The van der Waals surface area contributed by atoms with Gasteiger partial charge in [0.05, 0.1) is 51.8 Å². The van der Waals surface area contributed by atoms with Crippen LogP contribution in [0.5, 0.6) is 11.5 Å². The second-order valence-corrected chi connectivity index (χ2v) is 14.7. The van der Waals surface area contributed by atoms with Crippen molar-refractivity contribution in [1.29, 1.82) is 0 Å². The van der Waals surface area contributed by atoms with Gasteiger partial charge in [-0.3, -0.25) is 0 Å². The second kappa shape index (κ2) is 19.2. The van der Waals surface area contributed by atoms with Crippen molar-refractivity contribution in [2.24, 2.45) is 0 Å². The quantitative estimate of drug-likeness (QED) is 0.0961. The van der Waals surface area contributed by atoms with E-state index in [1.54, 1.807) is 24.3 Å². The molecule has 0 spiro atoms. The van der Waals surface area contributed by atoms with Gasteiger partial charge in [0.15, 0.2) is 0 Å². The number of aliphatic hydroxyl groups excluding tert-OH is 4. The van der Waals surface area contributed by atoms with Gasteiger partial charge in [0.25, 0.3) is 11.8 Å². The fourth-order valence-corrected chi connectivity index (χ4v) is 6.21. The molecule has 308 valence electrons. The van der Waals surface area contributed by atoms with Crippen molar-refractivity contribution in [2.75, 3.05) is 14.2 Å². The SMILES string of the molecule is C.C.COc1cc(-c2nc(-c3ccc(B4OC(C)(C)C(C)(C)O4)cc3)no2)cc(CO)c1CO.COc1cc(-c2nc(-c3ccc(Br)cc3)no2)cc(CO)c1CO. The minimum atomic E-state index is -0.440. The first-order chi connectivity index (χ1) is 26.8. The van der Waals surface area contributed by atoms with E-state index in [2.05, 4.69) is 36.2 Å². The van der Waals surface area contributed by atoms with Gasteiger partial charge in [-0.05, 0) is 92.8 Å². The van der Waals surface area contributed by atoms with E-state index in [0.717, 1.165) is 21.1 Å². The summed E-state index contributed by atoms with van der Waals surface area (Å²) in [4.78, 5) is 8.88. The minimum Gasteiger partial charge on any atom is -0.496 e. The third-order valence-electron chi connectivity index (χ3n) is 9.84. The van der Waals surface area contributed by atoms with Crippen LogP contribution in [0.3, 0.4) is 0 Å². The van der Waals surface area contributed by atoms with Crippen molar-refractivity contribution < 1.29 is 48.3 Å². The Balaban J connectivity index is 0.000000258. The van der Waals surface area contributed by atoms with Gasteiger partial charge in [-0.25, -0.2) is 0 Å². The second-order valence-electron chi connectivity index (χ2n) is 13.8. The number of hydrogen-bond acceptors (Lipinski definition) is 14. The summed E-state index contributed by atoms with van der Waals surface area (Å²) in [7, 11) is 2.56. The molecule has 4 N–H and O–H groups in total. The summed E-state index contributed by atoms with van der Waals surface area (Å²) in [5.41, 5.74) is 5.07. The van der Waals surface area contributed by atoms with Gasteiger partial charge in [-0.1, -0.05) is 65.4 Å². The van der Waals surface area contributed by atoms with Crippen LogP contribution in [0.2, 0.25) is 0 Å². The highest BCUT2D eigenvalue weighted by Crippen LogP contribution is 2.37. The van der Waals surface area contributed by atoms with Crippen molar-refractivity contribution in [3.63, 3.8) is 0 Å². The molecule has 1 fully saturated rings. The zero-order valence-electron chi connectivity index (χ0n) is 31.7. The van der Waals surface area contributed by atoms with E-state index in [1.807, 2.05) is 76.2 Å². The summed E-state index contributed by atoms with van der Waals surface area (Å²) in [6.07, 6.45) is 0. The molecule has 16 heteroatoms. The van der Waals surface area contributed by atoms with E-state index < -0.39 is 18.3 Å². The van der Waals surface area contributed by atoms with Crippen LogP contribution in [0.15, 0.2) is 86.3 Å². The summed E-state index contributed by atoms with van der Waals surface area (Å²) in [5.74, 6) is 2.39. The van der Waals surface area contributed by atoms with Gasteiger partial charge in [-0.2, -0.15) is 9.97 Å². The lowest BCUT2D eigenvalue weighted by molar-refractivity contribution is 0.00578. The molecule has 0 saturated carbocycles. The molecule has 6 aromatic rings. The first-order valence-electron chi connectivity index (χ1n) is 17.6. The molecule has 0 bridgehead atoms. The highest BCUT2D eigenvalue weighted by molar-refractivity contribution is 9.10. The van der Waals surface area contributed by atoms with Crippen LogP contribution in [-0.4, -0.2) is 73.2 Å². The molecule has 0 unspecified atom stereocenters. The highest BCUT2D eigenvalue weighted by atomic mass is 79.9. The van der Waals surface area contributed by atoms with Crippen LogP contribution in [0.25, 0.3) is 45.7 Å². The molecule has 3 heterocycles. The van der Waals surface area contributed by atoms with Crippen LogP contribution in [-0.2, 0) is 35.7 Å². The Hall–Kier alpha value is -4.94. The Morgan fingerprint density at radius 1 is 0.586 bits per heavy atom. The average molecular weight is 862 g/mol. The molecule has 2 aromatic heterocycles. The fraction of sp³-hybridized carbons (Fsp3) is 0.333. The number of ether oxygens (including phenoxy) is 2. The summed E-state index contributed by atoms with van der Waals surface area (Å²) in [6.45, 7) is 7.13. The Kier molecular flexibility index (Phi) is 15.2. The number of nitrogens with zero attached hydrogens (tertiary/aromatic N) is 4. The van der Waals surface area contributed by atoms with E-state index in [4.69, 9.17) is 27.8 Å². The van der Waals surface area contributed by atoms with Gasteiger partial charge in [-0.15, -0.1) is 0 Å². The molecule has 14 nitrogen and oxygen atoms in total. The van der Waals surface area contributed by atoms with Crippen molar-refractivity contribution in [1.82, 2.24) is 20.3 Å². The zero-order chi connectivity index (χ0) is 40.2. The molecular formula is C42H50BBrN4O10. The van der Waals surface area contributed by atoms with Crippen molar-refractivity contribution in [3.05, 3.63) is 99.5 Å². The van der Waals surface area contributed by atoms with Crippen molar-refractivity contribution in [2.45, 2.75) is 80.2 Å². The largest absolute Gasteiger partial charge is 0.496 e. The number of aliphatic hydroxyl groups is 4. The predicted octanol–water partition coefficient (Wildman–Crippen LogP) is 7.13. The lowest BCUT2D eigenvalue weighted by atomic mass is 9.79. The molecule has 0 amide bonds. The Bertz CT molecular complexity index is 2210. The van der Waals surface area contributed by atoms with Crippen LogP contribution in [0, 0.1) is 0 Å². The van der Waals surface area contributed by atoms with Gasteiger partial charge < -0.3 is 48.3 Å². The predicted molar refractivity (Wildman–Crippen MR) is 224 cm³/mol. The van der Waals surface area contributed by atoms with E-state index in [-0.39, 0.29) is 47.2 Å². The summed E-state index contributed by atoms with van der Waals surface area (Å²) in [5, 5.41) is 46.3. The fourth-order valence-electron chi connectivity index (χ4n) is 5.94. The van der Waals surface area contributed by atoms with Gasteiger partial charge in [0.2, 0.25) is 11.6 Å². The molecule has 4 aromatic carbocycles. The molecule has 0 aliphatic carbocycles. The lowest BCUT2D eigenvalue weighted by Gasteiger charge is -2.32. The van der Waals surface area contributed by atoms with E-state index >= 15 is 0 Å². The molecular weight excluding hydrogens is 811 g/mol. The van der Waals surface area contributed by atoms with Crippen LogP contribution in [0.1, 0.15) is 64.8 Å². The minimum absolute atomic E-state index is 0. The summed E-state index contributed by atoms with van der Waals surface area (Å²) < 4.78 is 34.6. The molecule has 1 aliphatic rings. The Morgan fingerprint density at radius 3 is 1.34 bits per heavy atom. The Morgan fingerprint density at radius 2 is 0.983 bits per heavy atom. The maximum absolute atomic E-state index is 9.65. The van der Waals surface area contributed by atoms with Crippen LogP contribution < -0.4 is 14.9 Å². The van der Waals surface area contributed by atoms with Gasteiger partial charge in [0, 0.05) is 37.9 Å². The molecule has 58 heavy (non-hydrogen) atoms. The number of aromatic nitrogens is 4. The first-order valence-corrected chi connectivity index (χ1v) is 18.4. The molecule has 1 saturated heterocycles. The van der Waals surface area contributed by atoms with Gasteiger partial charge >= 0.3 is 7.12 Å². The maximum Gasteiger partial charge on any atom is 0.494 e. The summed E-state index contributed by atoms with van der Waals surface area (Å²) >= 11 is 3.38. The zero-order valence-corrected chi connectivity index (χ0v) is 33.3. The van der Waals surface area contributed by atoms with Gasteiger partial charge in [0.1, 0.15) is 11.5 Å². The summed E-state index contributed by atoms with van der Waals surface area (Å²) in [6, 6.07) is 22.0. The normalized spacial score (nSPS) is 13.9. The number of rotatable bonds is 11. The smallest absolute Gasteiger partial charge is 0.494 e.